The zero-order valence-electron chi connectivity index (χ0n) is 9.79. The Labute approximate surface area is 91.9 Å². The fourth-order valence-corrected chi connectivity index (χ4v) is 2.10. The largest absolute Gasteiger partial charge is 0.338 e. The molecule has 84 valence electrons. The van der Waals surface area contributed by atoms with Gasteiger partial charge < -0.3 is 9.88 Å². The summed E-state index contributed by atoms with van der Waals surface area (Å²) < 4.78 is 2.13. The molecule has 0 saturated heterocycles. The molecular formula is C12H21N3. The van der Waals surface area contributed by atoms with Crippen molar-refractivity contribution in [1.29, 1.82) is 0 Å². The predicted molar refractivity (Wildman–Crippen MR) is 61.7 cm³/mol. The van der Waals surface area contributed by atoms with Crippen LogP contribution < -0.4 is 5.32 Å². The van der Waals surface area contributed by atoms with E-state index in [-0.39, 0.29) is 0 Å². The summed E-state index contributed by atoms with van der Waals surface area (Å²) in [5, 5.41) is 3.47. The second-order valence-corrected chi connectivity index (χ2v) is 4.73. The van der Waals surface area contributed by atoms with E-state index in [0.717, 1.165) is 13.0 Å². The third kappa shape index (κ3) is 2.59. The maximum atomic E-state index is 4.37. The molecule has 0 spiro atoms. The van der Waals surface area contributed by atoms with Gasteiger partial charge in [-0.25, -0.2) is 4.98 Å². The molecule has 3 nitrogen and oxygen atoms in total. The molecule has 1 fully saturated rings. The third-order valence-corrected chi connectivity index (χ3v) is 3.51. The second-order valence-electron chi connectivity index (χ2n) is 4.73. The standard InChI is InChI=1S/C12H21N3/c1-3-13-10-12(6-7-12)5-4-11-14-8-9-15(11)2/h8-9,13H,3-7,10H2,1-2H3. The van der Waals surface area contributed by atoms with Gasteiger partial charge in [-0.1, -0.05) is 6.92 Å². The highest BCUT2D eigenvalue weighted by Crippen LogP contribution is 2.48. The first-order chi connectivity index (χ1) is 7.26. The Morgan fingerprint density at radius 1 is 1.53 bits per heavy atom. The average molecular weight is 207 g/mol. The van der Waals surface area contributed by atoms with Gasteiger partial charge >= 0.3 is 0 Å². The molecule has 1 aromatic rings. The average Bonchev–Trinajstić information content (AvgIpc) is 2.90. The SMILES string of the molecule is CCNCC1(CCc2nccn2C)CC1. The fourth-order valence-electron chi connectivity index (χ4n) is 2.10. The Hall–Kier alpha value is -0.830. The van der Waals surface area contributed by atoms with Gasteiger partial charge in [0.15, 0.2) is 0 Å². The maximum absolute atomic E-state index is 4.37. The number of aromatic nitrogens is 2. The van der Waals surface area contributed by atoms with Crippen LogP contribution >= 0.6 is 0 Å². The summed E-state index contributed by atoms with van der Waals surface area (Å²) in [4.78, 5) is 4.37. The second kappa shape index (κ2) is 4.35. The van der Waals surface area contributed by atoms with Crippen molar-refractivity contribution in [1.82, 2.24) is 14.9 Å². The molecule has 0 amide bonds. The highest BCUT2D eigenvalue weighted by atomic mass is 15.0. The molecule has 0 radical (unpaired) electrons. The van der Waals surface area contributed by atoms with E-state index >= 15 is 0 Å². The highest BCUT2D eigenvalue weighted by molar-refractivity contribution is 4.99. The Morgan fingerprint density at radius 3 is 2.87 bits per heavy atom. The zero-order valence-corrected chi connectivity index (χ0v) is 9.79. The molecule has 0 bridgehead atoms. The molecule has 0 aromatic carbocycles. The molecule has 1 aliphatic rings. The number of hydrogen-bond acceptors (Lipinski definition) is 2. The van der Waals surface area contributed by atoms with Crippen LogP contribution in [0.2, 0.25) is 0 Å². The fraction of sp³-hybridized carbons (Fsp3) is 0.750. The van der Waals surface area contributed by atoms with E-state index in [1.54, 1.807) is 0 Å². The minimum Gasteiger partial charge on any atom is -0.338 e. The van der Waals surface area contributed by atoms with Crippen molar-refractivity contribution < 1.29 is 0 Å². The van der Waals surface area contributed by atoms with Crippen LogP contribution in [0, 0.1) is 5.41 Å². The lowest BCUT2D eigenvalue weighted by molar-refractivity contribution is 0.426. The predicted octanol–water partition coefficient (Wildman–Crippen LogP) is 1.74. The summed E-state index contributed by atoms with van der Waals surface area (Å²) >= 11 is 0. The number of imidazole rings is 1. The van der Waals surface area contributed by atoms with Gasteiger partial charge in [0.2, 0.25) is 0 Å². The van der Waals surface area contributed by atoms with Crippen molar-refractivity contribution >= 4 is 0 Å². The number of hydrogen-bond donors (Lipinski definition) is 1. The van der Waals surface area contributed by atoms with Gasteiger partial charge in [0.1, 0.15) is 5.82 Å². The highest BCUT2D eigenvalue weighted by Gasteiger charge is 2.41. The third-order valence-electron chi connectivity index (χ3n) is 3.51. The van der Waals surface area contributed by atoms with Gasteiger partial charge in [0.25, 0.3) is 0 Å². The summed E-state index contributed by atoms with van der Waals surface area (Å²) in [5.41, 5.74) is 0.599. The van der Waals surface area contributed by atoms with Crippen LogP contribution in [-0.4, -0.2) is 22.6 Å². The van der Waals surface area contributed by atoms with Crippen LogP contribution in [0.25, 0.3) is 0 Å². The number of nitrogens with zero attached hydrogens (tertiary/aromatic N) is 2. The molecule has 15 heavy (non-hydrogen) atoms. The van der Waals surface area contributed by atoms with E-state index < -0.39 is 0 Å². The molecule has 2 rings (SSSR count). The first-order valence-corrected chi connectivity index (χ1v) is 5.93. The Bertz CT molecular complexity index is 312. The Morgan fingerprint density at radius 2 is 2.33 bits per heavy atom. The van der Waals surface area contributed by atoms with Crippen LogP contribution in [0.3, 0.4) is 0 Å². The molecule has 1 saturated carbocycles. The molecule has 1 heterocycles. The smallest absolute Gasteiger partial charge is 0.108 e. The molecular weight excluding hydrogens is 186 g/mol. The summed E-state index contributed by atoms with van der Waals surface area (Å²) in [5.74, 6) is 1.22. The molecule has 0 unspecified atom stereocenters. The summed E-state index contributed by atoms with van der Waals surface area (Å²) in [7, 11) is 2.08. The van der Waals surface area contributed by atoms with E-state index in [0.29, 0.717) is 5.41 Å². The quantitative estimate of drug-likeness (QED) is 0.770. The van der Waals surface area contributed by atoms with Gasteiger partial charge in [-0.15, -0.1) is 0 Å². The van der Waals surface area contributed by atoms with Crippen LogP contribution in [0.15, 0.2) is 12.4 Å². The minimum atomic E-state index is 0.599. The van der Waals surface area contributed by atoms with E-state index in [1.165, 1.54) is 31.6 Å². The van der Waals surface area contributed by atoms with Gasteiger partial charge in [-0.3, -0.25) is 0 Å². The van der Waals surface area contributed by atoms with E-state index in [2.05, 4.69) is 28.8 Å². The van der Waals surface area contributed by atoms with Gasteiger partial charge in [0, 0.05) is 32.4 Å². The van der Waals surface area contributed by atoms with Crippen molar-refractivity contribution in [2.45, 2.75) is 32.6 Å². The van der Waals surface area contributed by atoms with Crippen molar-refractivity contribution in [2.75, 3.05) is 13.1 Å². The maximum Gasteiger partial charge on any atom is 0.108 e. The van der Waals surface area contributed by atoms with Crippen LogP contribution in [0.5, 0.6) is 0 Å². The Kier molecular flexibility index (Phi) is 3.10. The lowest BCUT2D eigenvalue weighted by Gasteiger charge is -2.14. The number of rotatable bonds is 6. The normalized spacial score (nSPS) is 18.0. The van der Waals surface area contributed by atoms with Gasteiger partial charge in [-0.05, 0) is 31.2 Å². The topological polar surface area (TPSA) is 29.9 Å². The summed E-state index contributed by atoms with van der Waals surface area (Å²) in [6.07, 6.45) is 9.10. The van der Waals surface area contributed by atoms with Gasteiger partial charge in [0.05, 0.1) is 0 Å². The molecule has 0 atom stereocenters. The van der Waals surface area contributed by atoms with E-state index in [9.17, 15) is 0 Å². The first-order valence-electron chi connectivity index (χ1n) is 5.93. The lowest BCUT2D eigenvalue weighted by atomic mass is 10.00. The molecule has 1 N–H and O–H groups in total. The molecule has 0 aliphatic heterocycles. The van der Waals surface area contributed by atoms with E-state index in [4.69, 9.17) is 0 Å². The lowest BCUT2D eigenvalue weighted by Crippen LogP contribution is -2.24. The zero-order chi connectivity index (χ0) is 10.7. The first kappa shape index (κ1) is 10.7. The van der Waals surface area contributed by atoms with Crippen molar-refractivity contribution in [3.05, 3.63) is 18.2 Å². The number of nitrogens with one attached hydrogen (secondary N) is 1. The van der Waals surface area contributed by atoms with Crippen molar-refractivity contribution in [3.8, 4) is 0 Å². The molecule has 1 aromatic heterocycles. The number of aryl methyl sites for hydroxylation is 2. The van der Waals surface area contributed by atoms with Crippen molar-refractivity contribution in [3.63, 3.8) is 0 Å². The van der Waals surface area contributed by atoms with Gasteiger partial charge in [-0.2, -0.15) is 0 Å². The van der Waals surface area contributed by atoms with Crippen LogP contribution in [-0.2, 0) is 13.5 Å². The van der Waals surface area contributed by atoms with Crippen molar-refractivity contribution in [2.24, 2.45) is 12.5 Å². The van der Waals surface area contributed by atoms with E-state index in [1.807, 2.05) is 12.4 Å². The summed E-state index contributed by atoms with van der Waals surface area (Å²) in [6, 6.07) is 0. The monoisotopic (exact) mass is 207 g/mol. The minimum absolute atomic E-state index is 0.599. The Balaban J connectivity index is 1.80. The molecule has 3 heteroatoms. The van der Waals surface area contributed by atoms with Crippen LogP contribution in [0.1, 0.15) is 32.0 Å². The summed E-state index contributed by atoms with van der Waals surface area (Å²) in [6.45, 7) is 4.45. The van der Waals surface area contributed by atoms with Crippen LogP contribution in [0.4, 0.5) is 0 Å². The molecule has 1 aliphatic carbocycles.